The van der Waals surface area contributed by atoms with Gasteiger partial charge in [-0.1, -0.05) is 81.7 Å². The lowest BCUT2D eigenvalue weighted by Gasteiger charge is -2.05. The third-order valence-corrected chi connectivity index (χ3v) is 9.64. The van der Waals surface area contributed by atoms with E-state index in [1.165, 1.54) is 86.5 Å². The second-order valence-electron chi connectivity index (χ2n) is 8.86. The minimum absolute atomic E-state index is 0.0433. The third-order valence-electron chi connectivity index (χ3n) is 6.22. The van der Waals surface area contributed by atoms with Gasteiger partial charge in [0.05, 0.1) is 9.40 Å². The van der Waals surface area contributed by atoms with E-state index in [-0.39, 0.29) is 6.16 Å². The van der Waals surface area contributed by atoms with Crippen LogP contribution in [0.4, 0.5) is 0 Å². The summed E-state index contributed by atoms with van der Waals surface area (Å²) in [5.41, 5.74) is 1.46. The summed E-state index contributed by atoms with van der Waals surface area (Å²) < 4.78 is 16.5. The number of thiophene rings is 2. The largest absolute Gasteiger partial charge is 0.325 e. The number of unbranched alkanes of at least 4 members (excludes halogenated alkanes) is 9. The number of rotatable bonds is 13. The second kappa shape index (κ2) is 11.3. The molecule has 0 fully saturated rings. The summed E-state index contributed by atoms with van der Waals surface area (Å²) in [5.74, 6) is 0. The van der Waals surface area contributed by atoms with Crippen molar-refractivity contribution < 1.29 is 14.4 Å². The fourth-order valence-corrected chi connectivity index (χ4v) is 7.82. The number of hydrogen-bond acceptors (Lipinski definition) is 3. The van der Waals surface area contributed by atoms with Crippen molar-refractivity contribution in [2.45, 2.75) is 70.6 Å². The van der Waals surface area contributed by atoms with Gasteiger partial charge in [0, 0.05) is 26.3 Å². The number of benzene rings is 2. The van der Waals surface area contributed by atoms with E-state index in [1.807, 2.05) is 22.7 Å². The molecule has 2 heterocycles. The molecule has 0 unspecified atom stereocenters. The zero-order chi connectivity index (χ0) is 22.4. The fourth-order valence-electron chi connectivity index (χ4n) is 4.47. The molecule has 0 aliphatic rings. The van der Waals surface area contributed by atoms with E-state index in [0.717, 1.165) is 12.8 Å². The van der Waals surface area contributed by atoms with Crippen LogP contribution in [0.1, 0.15) is 69.8 Å². The first kappa shape index (κ1) is 23.9. The molecule has 6 heteroatoms. The Morgan fingerprint density at radius 3 is 1.91 bits per heavy atom. The summed E-state index contributed by atoms with van der Waals surface area (Å²) in [6.45, 7) is 0. The zero-order valence-corrected chi connectivity index (χ0v) is 21.1. The Hall–Kier alpha value is -1.23. The minimum Gasteiger partial charge on any atom is -0.324 e. The Balaban J connectivity index is 1.13. The summed E-state index contributed by atoms with van der Waals surface area (Å²) in [6, 6.07) is 15.8. The van der Waals surface area contributed by atoms with E-state index in [4.69, 9.17) is 9.79 Å². The van der Waals surface area contributed by atoms with Crippen molar-refractivity contribution in [3.05, 3.63) is 48.0 Å². The number of hydrogen-bond donors (Lipinski definition) is 2. The molecule has 0 atom stereocenters. The van der Waals surface area contributed by atoms with Crippen LogP contribution in [0.25, 0.3) is 29.6 Å². The predicted octanol–water partition coefficient (Wildman–Crippen LogP) is 8.89. The molecule has 0 aliphatic carbocycles. The van der Waals surface area contributed by atoms with Crippen LogP contribution in [-0.2, 0) is 11.0 Å². The van der Waals surface area contributed by atoms with Gasteiger partial charge in [-0.15, -0.1) is 22.7 Å². The van der Waals surface area contributed by atoms with Crippen molar-refractivity contribution >= 4 is 59.8 Å². The maximum Gasteiger partial charge on any atom is 0.325 e. The first-order valence-electron chi connectivity index (χ1n) is 11.9. The predicted molar refractivity (Wildman–Crippen MR) is 141 cm³/mol. The maximum absolute atomic E-state index is 10.8. The van der Waals surface area contributed by atoms with Crippen molar-refractivity contribution in [2.75, 3.05) is 6.16 Å². The van der Waals surface area contributed by atoms with Crippen LogP contribution in [0.2, 0.25) is 0 Å². The van der Waals surface area contributed by atoms with Gasteiger partial charge < -0.3 is 9.79 Å². The van der Waals surface area contributed by atoms with Gasteiger partial charge >= 0.3 is 7.60 Å². The molecule has 0 bridgehead atoms. The van der Waals surface area contributed by atoms with Crippen LogP contribution in [0, 0.1) is 0 Å². The zero-order valence-electron chi connectivity index (χ0n) is 18.6. The van der Waals surface area contributed by atoms with Crippen molar-refractivity contribution in [2.24, 2.45) is 0 Å². The van der Waals surface area contributed by atoms with E-state index in [9.17, 15) is 4.57 Å². The molecule has 2 aromatic carbocycles. The highest BCUT2D eigenvalue weighted by Gasteiger charge is 2.12. The Morgan fingerprint density at radius 1 is 0.656 bits per heavy atom. The van der Waals surface area contributed by atoms with Crippen molar-refractivity contribution in [3.63, 3.8) is 0 Å². The summed E-state index contributed by atoms with van der Waals surface area (Å²) in [6.07, 6.45) is 12.8. The molecule has 0 radical (unpaired) electrons. The van der Waals surface area contributed by atoms with Crippen LogP contribution in [0.3, 0.4) is 0 Å². The standard InChI is InChI=1S/C26H33O3PS2/c27-30(28,29)18-12-8-6-4-2-1-3-5-7-9-13-20-16-17-22-24(19-20)32-25-21-14-10-11-15-23(21)31-26(22)25/h10-11,14-17,19H,1-9,12-13,18H2,(H2,27,28,29). The molecule has 0 saturated carbocycles. The van der Waals surface area contributed by atoms with Crippen LogP contribution >= 0.6 is 30.3 Å². The van der Waals surface area contributed by atoms with Crippen LogP contribution in [-0.4, -0.2) is 15.9 Å². The van der Waals surface area contributed by atoms with E-state index in [1.54, 1.807) is 0 Å². The van der Waals surface area contributed by atoms with Crippen molar-refractivity contribution in [1.29, 1.82) is 0 Å². The molecule has 2 aromatic heterocycles. The average Bonchev–Trinajstić information content (AvgIpc) is 3.29. The normalized spacial score (nSPS) is 12.4. The fraction of sp³-hybridized carbons (Fsp3) is 0.462. The van der Waals surface area contributed by atoms with Gasteiger partial charge in [-0.2, -0.15) is 0 Å². The number of aryl methyl sites for hydroxylation is 1. The minimum atomic E-state index is -3.79. The van der Waals surface area contributed by atoms with E-state index >= 15 is 0 Å². The first-order valence-corrected chi connectivity index (χ1v) is 15.3. The smallest absolute Gasteiger partial charge is 0.324 e. The third kappa shape index (κ3) is 6.42. The number of fused-ring (bicyclic) bond motifs is 5. The lowest BCUT2D eigenvalue weighted by atomic mass is 10.0. The van der Waals surface area contributed by atoms with E-state index < -0.39 is 7.60 Å². The van der Waals surface area contributed by atoms with Gasteiger partial charge in [0.25, 0.3) is 0 Å². The Labute approximate surface area is 198 Å². The van der Waals surface area contributed by atoms with Gasteiger partial charge in [-0.25, -0.2) is 0 Å². The highest BCUT2D eigenvalue weighted by Crippen LogP contribution is 2.44. The average molecular weight is 489 g/mol. The Bertz CT molecular complexity index is 1200. The lowest BCUT2D eigenvalue weighted by molar-refractivity contribution is 0.370. The summed E-state index contributed by atoms with van der Waals surface area (Å²) in [5, 5.41) is 2.81. The molecular formula is C26H33O3PS2. The van der Waals surface area contributed by atoms with Crippen LogP contribution in [0.15, 0.2) is 42.5 Å². The first-order chi connectivity index (χ1) is 15.5. The Morgan fingerprint density at radius 2 is 1.22 bits per heavy atom. The maximum atomic E-state index is 10.8. The monoisotopic (exact) mass is 488 g/mol. The highest BCUT2D eigenvalue weighted by molar-refractivity contribution is 7.51. The van der Waals surface area contributed by atoms with Crippen LogP contribution in [0.5, 0.6) is 0 Å². The Kier molecular flexibility index (Phi) is 8.42. The SMILES string of the molecule is O=P(O)(O)CCCCCCCCCCCCc1ccc2c(c1)sc1c3ccccc3sc21. The summed E-state index contributed by atoms with van der Waals surface area (Å²) in [4.78, 5) is 17.7. The molecule has 0 spiro atoms. The molecule has 32 heavy (non-hydrogen) atoms. The van der Waals surface area contributed by atoms with Crippen LogP contribution < -0.4 is 0 Å². The molecular weight excluding hydrogens is 455 g/mol. The highest BCUT2D eigenvalue weighted by atomic mass is 32.1. The molecule has 4 aromatic rings. The molecule has 0 saturated heterocycles. The van der Waals surface area contributed by atoms with Gasteiger partial charge in [0.2, 0.25) is 0 Å². The molecule has 4 rings (SSSR count). The molecule has 0 amide bonds. The summed E-state index contributed by atoms with van der Waals surface area (Å²) >= 11 is 3.86. The summed E-state index contributed by atoms with van der Waals surface area (Å²) in [7, 11) is -3.79. The van der Waals surface area contributed by atoms with Crippen molar-refractivity contribution in [3.8, 4) is 0 Å². The molecule has 0 aliphatic heterocycles. The van der Waals surface area contributed by atoms with Gasteiger partial charge in [0.1, 0.15) is 0 Å². The van der Waals surface area contributed by atoms with E-state index in [2.05, 4.69) is 42.5 Å². The van der Waals surface area contributed by atoms with Gasteiger partial charge in [-0.05, 0) is 37.0 Å². The second-order valence-corrected chi connectivity index (χ2v) is 12.7. The van der Waals surface area contributed by atoms with E-state index in [0.29, 0.717) is 6.42 Å². The van der Waals surface area contributed by atoms with Crippen molar-refractivity contribution in [1.82, 2.24) is 0 Å². The van der Waals surface area contributed by atoms with Gasteiger partial charge in [-0.3, -0.25) is 4.57 Å². The lowest BCUT2D eigenvalue weighted by Crippen LogP contribution is -1.88. The molecule has 3 nitrogen and oxygen atoms in total. The topological polar surface area (TPSA) is 57.5 Å². The van der Waals surface area contributed by atoms with Gasteiger partial charge in [0.15, 0.2) is 0 Å². The molecule has 2 N–H and O–H groups in total. The quantitative estimate of drug-likeness (QED) is 0.146. The molecule has 172 valence electrons.